The van der Waals surface area contributed by atoms with Crippen molar-refractivity contribution in [1.29, 1.82) is 0 Å². The molecule has 0 bridgehead atoms. The third-order valence-electron chi connectivity index (χ3n) is 3.25. The molecule has 1 aliphatic rings. The molecule has 1 unspecified atom stereocenters. The van der Waals surface area contributed by atoms with Crippen LogP contribution in [-0.2, 0) is 11.0 Å². The molecular formula is C12H16F3N5O. The summed E-state index contributed by atoms with van der Waals surface area (Å²) in [6.45, 7) is 2.86. The van der Waals surface area contributed by atoms with Crippen LogP contribution in [0.4, 0.5) is 24.9 Å². The number of nitrogens with zero attached hydrogens (tertiary/aromatic N) is 3. The maximum Gasteiger partial charge on any atom is 0.433 e. The minimum atomic E-state index is -4.55. The molecule has 1 aromatic rings. The highest BCUT2D eigenvalue weighted by Crippen LogP contribution is 2.32. The molecule has 1 amide bonds. The van der Waals surface area contributed by atoms with Crippen LogP contribution in [0.25, 0.3) is 0 Å². The smallest absolute Gasteiger partial charge is 0.369 e. The zero-order chi connectivity index (χ0) is 15.6. The van der Waals surface area contributed by atoms with Gasteiger partial charge in [0.25, 0.3) is 0 Å². The van der Waals surface area contributed by atoms with Crippen LogP contribution in [0.1, 0.15) is 19.0 Å². The maximum absolute atomic E-state index is 12.9. The second kappa shape index (κ2) is 5.74. The van der Waals surface area contributed by atoms with Gasteiger partial charge in [-0.15, -0.1) is 0 Å². The van der Waals surface area contributed by atoms with Gasteiger partial charge < -0.3 is 16.0 Å². The van der Waals surface area contributed by atoms with Crippen LogP contribution < -0.4 is 16.0 Å². The molecule has 0 radical (unpaired) electrons. The predicted octanol–water partition coefficient (Wildman–Crippen LogP) is 1.24. The van der Waals surface area contributed by atoms with Gasteiger partial charge in [-0.05, 0) is 13.3 Å². The highest BCUT2D eigenvalue weighted by molar-refractivity contribution is 5.78. The third kappa shape index (κ3) is 3.53. The van der Waals surface area contributed by atoms with Gasteiger partial charge in [-0.2, -0.15) is 18.2 Å². The number of alkyl halides is 3. The Bertz CT molecular complexity index is 534. The Balaban J connectivity index is 2.30. The summed E-state index contributed by atoms with van der Waals surface area (Å²) in [6, 6.07) is 0.893. The van der Waals surface area contributed by atoms with Gasteiger partial charge in [0, 0.05) is 25.7 Å². The van der Waals surface area contributed by atoms with Crippen molar-refractivity contribution in [1.82, 2.24) is 9.97 Å². The van der Waals surface area contributed by atoms with Gasteiger partial charge >= 0.3 is 6.18 Å². The molecule has 2 heterocycles. The van der Waals surface area contributed by atoms with Crippen LogP contribution in [0.3, 0.4) is 0 Å². The average Bonchev–Trinajstić information content (AvgIpc) is 2.87. The lowest BCUT2D eigenvalue weighted by molar-refractivity contribution is -0.141. The van der Waals surface area contributed by atoms with Crippen molar-refractivity contribution in [2.45, 2.75) is 19.5 Å². The molecule has 1 atom stereocenters. The highest BCUT2D eigenvalue weighted by atomic mass is 19.4. The van der Waals surface area contributed by atoms with Gasteiger partial charge in [0.15, 0.2) is 5.69 Å². The number of nitrogens with one attached hydrogen (secondary N) is 1. The third-order valence-corrected chi connectivity index (χ3v) is 3.25. The lowest BCUT2D eigenvalue weighted by atomic mass is 10.1. The first-order chi connectivity index (χ1) is 9.81. The van der Waals surface area contributed by atoms with E-state index >= 15 is 0 Å². The summed E-state index contributed by atoms with van der Waals surface area (Å²) in [5, 5.41) is 2.68. The number of hydrogen-bond acceptors (Lipinski definition) is 5. The normalized spacial score (nSPS) is 18.9. The summed E-state index contributed by atoms with van der Waals surface area (Å²) in [6.07, 6.45) is -4.04. The van der Waals surface area contributed by atoms with E-state index in [-0.39, 0.29) is 24.2 Å². The molecule has 1 fully saturated rings. The molecule has 0 spiro atoms. The molecule has 3 N–H and O–H groups in total. The minimum Gasteiger partial charge on any atom is -0.369 e. The molecule has 0 aliphatic carbocycles. The topological polar surface area (TPSA) is 84.1 Å². The van der Waals surface area contributed by atoms with Gasteiger partial charge in [0.2, 0.25) is 11.9 Å². The fraction of sp³-hybridized carbons (Fsp3) is 0.583. The summed E-state index contributed by atoms with van der Waals surface area (Å²) in [7, 11) is 0. The first-order valence-corrected chi connectivity index (χ1v) is 6.55. The highest BCUT2D eigenvalue weighted by Gasteiger charge is 2.35. The molecule has 6 nitrogen and oxygen atoms in total. The number of carbonyl (C=O) groups excluding carboxylic acids is 1. The van der Waals surface area contributed by atoms with Crippen LogP contribution >= 0.6 is 0 Å². The standard InChI is InChI=1S/C12H16F3N5O/c1-2-17-11-18-8(12(13,14)15)5-9(19-11)20-4-3-7(6-20)10(16)21/h5,7H,2-4,6H2,1H3,(H2,16,21)(H,17,18,19). The first kappa shape index (κ1) is 15.3. The maximum atomic E-state index is 12.9. The zero-order valence-corrected chi connectivity index (χ0v) is 11.4. The Hall–Kier alpha value is -2.06. The summed E-state index contributed by atoms with van der Waals surface area (Å²) in [5.74, 6) is -0.742. The van der Waals surface area contributed by atoms with E-state index in [9.17, 15) is 18.0 Å². The van der Waals surface area contributed by atoms with Gasteiger partial charge in [-0.3, -0.25) is 4.79 Å². The van der Waals surface area contributed by atoms with Crippen LogP contribution in [0.2, 0.25) is 0 Å². The molecule has 1 saturated heterocycles. The largest absolute Gasteiger partial charge is 0.433 e. The van der Waals surface area contributed by atoms with Crippen molar-refractivity contribution >= 4 is 17.7 Å². The first-order valence-electron chi connectivity index (χ1n) is 6.55. The Kier molecular flexibility index (Phi) is 4.19. The van der Waals surface area contributed by atoms with E-state index in [1.165, 1.54) is 0 Å². The summed E-state index contributed by atoms with van der Waals surface area (Å²) in [4.78, 5) is 20.3. The van der Waals surface area contributed by atoms with Crippen molar-refractivity contribution in [3.8, 4) is 0 Å². The van der Waals surface area contributed by atoms with Crippen LogP contribution in [0, 0.1) is 5.92 Å². The summed E-state index contributed by atoms with van der Waals surface area (Å²) in [5.41, 5.74) is 4.22. The Morgan fingerprint density at radius 3 is 2.76 bits per heavy atom. The molecule has 21 heavy (non-hydrogen) atoms. The number of halogens is 3. The summed E-state index contributed by atoms with van der Waals surface area (Å²) < 4.78 is 38.6. The molecule has 9 heteroatoms. The average molecular weight is 303 g/mol. The Labute approximate surface area is 119 Å². The molecular weight excluding hydrogens is 287 g/mol. The molecule has 116 valence electrons. The van der Waals surface area contributed by atoms with Crippen molar-refractivity contribution in [2.24, 2.45) is 11.7 Å². The van der Waals surface area contributed by atoms with E-state index < -0.39 is 17.8 Å². The SMILES string of the molecule is CCNc1nc(N2CCC(C(N)=O)C2)cc(C(F)(F)F)n1. The predicted molar refractivity (Wildman–Crippen MR) is 70.7 cm³/mol. The lowest BCUT2D eigenvalue weighted by Gasteiger charge is -2.19. The number of hydrogen-bond donors (Lipinski definition) is 2. The molecule has 2 rings (SSSR count). The number of carbonyl (C=O) groups is 1. The molecule has 0 aromatic carbocycles. The molecule has 0 saturated carbocycles. The second-order valence-corrected chi connectivity index (χ2v) is 4.80. The van der Waals surface area contributed by atoms with E-state index in [2.05, 4.69) is 15.3 Å². The summed E-state index contributed by atoms with van der Waals surface area (Å²) >= 11 is 0. The number of nitrogens with two attached hydrogens (primary N) is 1. The number of rotatable bonds is 4. The van der Waals surface area contributed by atoms with Crippen LogP contribution in [0.5, 0.6) is 0 Å². The number of aromatic nitrogens is 2. The monoisotopic (exact) mass is 303 g/mol. The van der Waals surface area contributed by atoms with Gasteiger partial charge in [-0.25, -0.2) is 4.98 Å². The number of amides is 1. The molecule has 1 aromatic heterocycles. The fourth-order valence-corrected chi connectivity index (χ4v) is 2.18. The van der Waals surface area contributed by atoms with Crippen molar-refractivity contribution in [2.75, 3.05) is 29.9 Å². The number of primary amides is 1. The number of anilines is 2. The van der Waals surface area contributed by atoms with E-state index in [1.807, 2.05) is 0 Å². The van der Waals surface area contributed by atoms with E-state index in [1.54, 1.807) is 11.8 Å². The van der Waals surface area contributed by atoms with Crippen molar-refractivity contribution in [3.05, 3.63) is 11.8 Å². The zero-order valence-electron chi connectivity index (χ0n) is 11.4. The Morgan fingerprint density at radius 1 is 1.52 bits per heavy atom. The fourth-order valence-electron chi connectivity index (χ4n) is 2.18. The van der Waals surface area contributed by atoms with Crippen LogP contribution in [0.15, 0.2) is 6.07 Å². The minimum absolute atomic E-state index is 0.0788. The van der Waals surface area contributed by atoms with Crippen molar-refractivity contribution < 1.29 is 18.0 Å². The van der Waals surface area contributed by atoms with Crippen molar-refractivity contribution in [3.63, 3.8) is 0 Å². The second-order valence-electron chi connectivity index (χ2n) is 4.80. The van der Waals surface area contributed by atoms with Gasteiger partial charge in [0.05, 0.1) is 5.92 Å². The van der Waals surface area contributed by atoms with Crippen LogP contribution in [-0.4, -0.2) is 35.5 Å². The Morgan fingerprint density at radius 2 is 2.24 bits per heavy atom. The van der Waals surface area contributed by atoms with E-state index in [0.717, 1.165) is 6.07 Å². The van der Waals surface area contributed by atoms with E-state index in [0.29, 0.717) is 19.5 Å². The van der Waals surface area contributed by atoms with Gasteiger partial charge in [0.1, 0.15) is 5.82 Å². The van der Waals surface area contributed by atoms with E-state index in [4.69, 9.17) is 5.73 Å². The quantitative estimate of drug-likeness (QED) is 0.874. The van der Waals surface area contributed by atoms with Gasteiger partial charge in [-0.1, -0.05) is 0 Å². The molecule has 1 aliphatic heterocycles. The lowest BCUT2D eigenvalue weighted by Crippen LogP contribution is -2.28.